The largest absolute Gasteiger partial charge is 0.339 e. The Morgan fingerprint density at radius 3 is 2.43 bits per heavy atom. The minimum atomic E-state index is -0.248. The first-order valence-corrected chi connectivity index (χ1v) is 10.2. The molecule has 8 nitrogen and oxygen atoms in total. The Kier molecular flexibility index (Phi) is 5.92. The average molecular weight is 407 g/mol. The lowest BCUT2D eigenvalue weighted by atomic mass is 10.1. The van der Waals surface area contributed by atoms with Crippen LogP contribution in [0.15, 0.2) is 48.7 Å². The Morgan fingerprint density at radius 2 is 1.73 bits per heavy atom. The molecule has 156 valence electrons. The Bertz CT molecular complexity index is 921. The molecule has 2 heterocycles. The van der Waals surface area contributed by atoms with Gasteiger partial charge in [0.1, 0.15) is 0 Å². The number of rotatable bonds is 5. The fraction of sp³-hybridized carbons (Fsp3) is 0.364. The number of piperazine rings is 1. The van der Waals surface area contributed by atoms with E-state index in [-0.39, 0.29) is 30.3 Å². The van der Waals surface area contributed by atoms with Gasteiger partial charge >= 0.3 is 6.03 Å². The highest BCUT2D eigenvalue weighted by atomic mass is 16.2. The standard InChI is InChI=1S/C22H25N5O3/c28-20(15-18-5-1-2-9-23-18)26-10-12-27(13-11-26)21(29)16-4-3-6-19(14-16)25-22(30)24-17-7-8-17/h1-6,9,14,17H,7-8,10-13,15H2,(H2,24,25,30). The molecular formula is C22H25N5O3. The molecule has 0 radical (unpaired) electrons. The van der Waals surface area contributed by atoms with Crippen molar-refractivity contribution in [2.75, 3.05) is 31.5 Å². The molecule has 0 atom stereocenters. The van der Waals surface area contributed by atoms with Crippen molar-refractivity contribution < 1.29 is 14.4 Å². The molecule has 2 aromatic rings. The predicted octanol–water partition coefficient (Wildman–Crippen LogP) is 1.89. The second-order valence-electron chi connectivity index (χ2n) is 7.62. The Morgan fingerprint density at radius 1 is 0.967 bits per heavy atom. The SMILES string of the molecule is O=C(Nc1cccc(C(=O)N2CCN(C(=O)Cc3ccccn3)CC2)c1)NC1CC1. The average Bonchev–Trinajstić information content (AvgIpc) is 3.58. The number of urea groups is 1. The summed E-state index contributed by atoms with van der Waals surface area (Å²) in [5.41, 5.74) is 1.85. The van der Waals surface area contributed by atoms with Gasteiger partial charge < -0.3 is 20.4 Å². The van der Waals surface area contributed by atoms with Gasteiger partial charge in [0.2, 0.25) is 5.91 Å². The summed E-state index contributed by atoms with van der Waals surface area (Å²) >= 11 is 0. The van der Waals surface area contributed by atoms with E-state index in [2.05, 4.69) is 15.6 Å². The second kappa shape index (κ2) is 8.94. The van der Waals surface area contributed by atoms with E-state index in [0.717, 1.165) is 18.5 Å². The van der Waals surface area contributed by atoms with Crippen LogP contribution in [0.25, 0.3) is 0 Å². The highest BCUT2D eigenvalue weighted by molar-refractivity contribution is 5.97. The zero-order valence-electron chi connectivity index (χ0n) is 16.7. The quantitative estimate of drug-likeness (QED) is 0.791. The number of nitrogens with zero attached hydrogens (tertiary/aromatic N) is 3. The summed E-state index contributed by atoms with van der Waals surface area (Å²) < 4.78 is 0. The molecular weight excluding hydrogens is 382 g/mol. The van der Waals surface area contributed by atoms with Crippen LogP contribution in [-0.4, -0.2) is 64.9 Å². The second-order valence-corrected chi connectivity index (χ2v) is 7.62. The van der Waals surface area contributed by atoms with Crippen LogP contribution < -0.4 is 10.6 Å². The van der Waals surface area contributed by atoms with Crippen molar-refractivity contribution >= 4 is 23.5 Å². The maximum Gasteiger partial charge on any atom is 0.319 e. The number of carbonyl (C=O) groups is 3. The molecule has 4 rings (SSSR count). The first-order valence-electron chi connectivity index (χ1n) is 10.2. The molecule has 4 amide bonds. The lowest BCUT2D eigenvalue weighted by molar-refractivity contribution is -0.132. The molecule has 1 aromatic heterocycles. The molecule has 0 bridgehead atoms. The smallest absolute Gasteiger partial charge is 0.319 e. The highest BCUT2D eigenvalue weighted by Crippen LogP contribution is 2.19. The molecule has 1 saturated carbocycles. The van der Waals surface area contributed by atoms with Crippen LogP contribution in [0, 0.1) is 0 Å². The Balaban J connectivity index is 1.30. The zero-order valence-corrected chi connectivity index (χ0v) is 16.7. The fourth-order valence-electron chi connectivity index (χ4n) is 3.42. The van der Waals surface area contributed by atoms with Gasteiger partial charge in [-0.05, 0) is 43.2 Å². The van der Waals surface area contributed by atoms with E-state index in [9.17, 15) is 14.4 Å². The van der Waals surface area contributed by atoms with Crippen molar-refractivity contribution in [3.05, 3.63) is 59.9 Å². The van der Waals surface area contributed by atoms with Crippen LogP contribution >= 0.6 is 0 Å². The van der Waals surface area contributed by atoms with Crippen molar-refractivity contribution in [2.24, 2.45) is 0 Å². The van der Waals surface area contributed by atoms with Crippen molar-refractivity contribution in [2.45, 2.75) is 25.3 Å². The zero-order chi connectivity index (χ0) is 20.9. The third kappa shape index (κ3) is 5.14. The van der Waals surface area contributed by atoms with Crippen molar-refractivity contribution in [3.8, 4) is 0 Å². The van der Waals surface area contributed by atoms with Crippen molar-refractivity contribution in [1.82, 2.24) is 20.1 Å². The summed E-state index contributed by atoms with van der Waals surface area (Å²) in [4.78, 5) is 45.0. The van der Waals surface area contributed by atoms with E-state index in [1.165, 1.54) is 0 Å². The van der Waals surface area contributed by atoms with Crippen LogP contribution in [0.3, 0.4) is 0 Å². The van der Waals surface area contributed by atoms with E-state index in [1.807, 2.05) is 18.2 Å². The van der Waals surface area contributed by atoms with Crippen LogP contribution in [0.4, 0.5) is 10.5 Å². The number of amides is 4. The topological polar surface area (TPSA) is 94.6 Å². The Hall–Kier alpha value is -3.42. The summed E-state index contributed by atoms with van der Waals surface area (Å²) in [6.07, 6.45) is 3.98. The van der Waals surface area contributed by atoms with Crippen LogP contribution in [0.5, 0.6) is 0 Å². The van der Waals surface area contributed by atoms with Crippen LogP contribution in [-0.2, 0) is 11.2 Å². The first kappa shape index (κ1) is 19.9. The third-order valence-corrected chi connectivity index (χ3v) is 5.26. The summed E-state index contributed by atoms with van der Waals surface area (Å²) in [5, 5.41) is 5.64. The number of carbonyl (C=O) groups excluding carboxylic acids is 3. The van der Waals surface area contributed by atoms with E-state index in [0.29, 0.717) is 37.4 Å². The van der Waals surface area contributed by atoms with Crippen LogP contribution in [0.2, 0.25) is 0 Å². The summed E-state index contributed by atoms with van der Waals surface area (Å²) in [6, 6.07) is 12.5. The molecule has 2 fully saturated rings. The summed E-state index contributed by atoms with van der Waals surface area (Å²) in [7, 11) is 0. The predicted molar refractivity (Wildman–Crippen MR) is 112 cm³/mol. The molecule has 8 heteroatoms. The van der Waals surface area contributed by atoms with Crippen LogP contribution in [0.1, 0.15) is 28.9 Å². The maximum absolute atomic E-state index is 12.9. The fourth-order valence-corrected chi connectivity index (χ4v) is 3.42. The number of nitrogens with one attached hydrogen (secondary N) is 2. The van der Waals surface area contributed by atoms with Gasteiger partial charge in [-0.15, -0.1) is 0 Å². The normalized spacial score (nSPS) is 16.1. The number of pyridine rings is 1. The molecule has 2 aliphatic rings. The van der Waals surface area contributed by atoms with Crippen molar-refractivity contribution in [1.29, 1.82) is 0 Å². The maximum atomic E-state index is 12.9. The van der Waals surface area contributed by atoms with Gasteiger partial charge in [-0.2, -0.15) is 0 Å². The molecule has 1 aliphatic heterocycles. The minimum Gasteiger partial charge on any atom is -0.339 e. The molecule has 1 aromatic carbocycles. The summed E-state index contributed by atoms with van der Waals surface area (Å²) in [6.45, 7) is 1.96. The van der Waals surface area contributed by atoms with Gasteiger partial charge in [-0.3, -0.25) is 14.6 Å². The van der Waals surface area contributed by atoms with E-state index in [4.69, 9.17) is 0 Å². The molecule has 30 heavy (non-hydrogen) atoms. The number of benzene rings is 1. The van der Waals surface area contributed by atoms with E-state index >= 15 is 0 Å². The monoisotopic (exact) mass is 407 g/mol. The Labute approximate surface area is 175 Å². The van der Waals surface area contributed by atoms with Gasteiger partial charge in [-0.25, -0.2) is 4.79 Å². The third-order valence-electron chi connectivity index (χ3n) is 5.26. The lowest BCUT2D eigenvalue weighted by Crippen LogP contribution is -2.51. The van der Waals surface area contributed by atoms with Gasteiger partial charge in [0, 0.05) is 55.4 Å². The number of hydrogen-bond acceptors (Lipinski definition) is 4. The molecule has 1 saturated heterocycles. The van der Waals surface area contributed by atoms with Gasteiger partial charge in [0.25, 0.3) is 5.91 Å². The molecule has 2 N–H and O–H groups in total. The molecule has 1 aliphatic carbocycles. The minimum absolute atomic E-state index is 0.0219. The van der Waals surface area contributed by atoms with E-state index in [1.54, 1.807) is 40.3 Å². The highest BCUT2D eigenvalue weighted by Gasteiger charge is 2.26. The number of hydrogen-bond donors (Lipinski definition) is 2. The number of aromatic nitrogens is 1. The first-order chi connectivity index (χ1) is 14.6. The van der Waals surface area contributed by atoms with Gasteiger partial charge in [-0.1, -0.05) is 12.1 Å². The van der Waals surface area contributed by atoms with Gasteiger partial charge in [0.15, 0.2) is 0 Å². The van der Waals surface area contributed by atoms with Gasteiger partial charge in [0.05, 0.1) is 6.42 Å². The van der Waals surface area contributed by atoms with Crippen molar-refractivity contribution in [3.63, 3.8) is 0 Å². The number of anilines is 1. The summed E-state index contributed by atoms with van der Waals surface area (Å²) in [5.74, 6) is -0.0771. The molecule has 0 spiro atoms. The molecule has 0 unspecified atom stereocenters. The van der Waals surface area contributed by atoms with E-state index < -0.39 is 0 Å². The lowest BCUT2D eigenvalue weighted by Gasteiger charge is -2.35.